The maximum absolute atomic E-state index is 13.4. The number of aryl methyl sites for hydroxylation is 1. The number of unbranched alkanes of at least 4 members (excludes halogenated alkanes) is 9. The molecule has 4 aromatic rings. The van der Waals surface area contributed by atoms with E-state index in [1.54, 1.807) is 0 Å². The van der Waals surface area contributed by atoms with Crippen LogP contribution >= 0.6 is 0 Å². The molecule has 38 heavy (non-hydrogen) atoms. The van der Waals surface area contributed by atoms with Crippen LogP contribution in [0.1, 0.15) is 76.7 Å². The normalized spacial score (nSPS) is 12.1. The van der Waals surface area contributed by atoms with Gasteiger partial charge in [-0.3, -0.25) is 19.3 Å². The summed E-state index contributed by atoms with van der Waals surface area (Å²) in [5.74, 6) is 0. The number of rotatable bonds is 14. The first-order valence-corrected chi connectivity index (χ1v) is 14.4. The van der Waals surface area contributed by atoms with Gasteiger partial charge in [0.1, 0.15) is 11.0 Å². The molecular formula is C32H42N4O2. The van der Waals surface area contributed by atoms with Gasteiger partial charge in [0.2, 0.25) is 0 Å². The molecule has 0 radical (unpaired) electrons. The van der Waals surface area contributed by atoms with E-state index >= 15 is 0 Å². The van der Waals surface area contributed by atoms with Crippen LogP contribution in [0.25, 0.3) is 21.9 Å². The van der Waals surface area contributed by atoms with Crippen LogP contribution in [0.4, 0.5) is 0 Å². The van der Waals surface area contributed by atoms with Crippen molar-refractivity contribution in [1.82, 2.24) is 14.1 Å². The monoisotopic (exact) mass is 514 g/mol. The summed E-state index contributed by atoms with van der Waals surface area (Å²) in [5.41, 5.74) is 2.08. The highest BCUT2D eigenvalue weighted by Crippen LogP contribution is 2.18. The minimum Gasteiger partial charge on any atom is -0.326 e. The zero-order valence-electron chi connectivity index (χ0n) is 23.0. The van der Waals surface area contributed by atoms with E-state index in [0.717, 1.165) is 41.3 Å². The van der Waals surface area contributed by atoms with Crippen molar-refractivity contribution in [2.45, 2.75) is 84.1 Å². The molecule has 4 rings (SSSR count). The van der Waals surface area contributed by atoms with Crippen molar-refractivity contribution < 1.29 is 0 Å². The summed E-state index contributed by atoms with van der Waals surface area (Å²) >= 11 is 0. The van der Waals surface area contributed by atoms with E-state index in [1.165, 1.54) is 64.0 Å². The van der Waals surface area contributed by atoms with Crippen LogP contribution in [-0.4, -0.2) is 20.7 Å². The third-order valence-electron chi connectivity index (χ3n) is 7.49. The number of benzene rings is 2. The zero-order valence-corrected chi connectivity index (χ0v) is 23.0. The van der Waals surface area contributed by atoms with Crippen LogP contribution < -0.4 is 16.6 Å². The number of pyridine rings is 1. The molecule has 0 fully saturated rings. The first-order valence-electron chi connectivity index (χ1n) is 14.4. The molecule has 0 aliphatic carbocycles. The summed E-state index contributed by atoms with van der Waals surface area (Å²) in [7, 11) is 1.52. The number of H-pyrrole nitrogens is 1. The predicted octanol–water partition coefficient (Wildman–Crippen LogP) is 6.25. The molecule has 6 nitrogen and oxygen atoms in total. The molecule has 0 amide bonds. The Balaban J connectivity index is 1.60. The van der Waals surface area contributed by atoms with E-state index in [-0.39, 0.29) is 5.56 Å². The molecule has 2 aromatic heterocycles. The quantitative estimate of drug-likeness (QED) is 0.160. The third-order valence-corrected chi connectivity index (χ3v) is 7.49. The van der Waals surface area contributed by atoms with Gasteiger partial charge in [0.05, 0.1) is 10.9 Å². The number of aromatic nitrogens is 3. The highest BCUT2D eigenvalue weighted by molar-refractivity contribution is 5.91. The Kier molecular flexibility index (Phi) is 10.1. The lowest BCUT2D eigenvalue weighted by molar-refractivity contribution is 0.540. The van der Waals surface area contributed by atoms with Gasteiger partial charge < -0.3 is 4.57 Å². The average Bonchev–Trinajstić information content (AvgIpc) is 2.94. The van der Waals surface area contributed by atoms with Crippen LogP contribution in [0.5, 0.6) is 0 Å². The molecule has 2 aromatic carbocycles. The first-order chi connectivity index (χ1) is 18.6. The Morgan fingerprint density at radius 2 is 1.42 bits per heavy atom. The SMILES string of the molecule is CCCCCCCCCCCCn1c2ccccc2c(=NCCc2ccccc2)c2c(=O)n(C)c(=O)[nH]c21. The van der Waals surface area contributed by atoms with Gasteiger partial charge in [0.15, 0.2) is 0 Å². The van der Waals surface area contributed by atoms with Crippen molar-refractivity contribution in [2.75, 3.05) is 6.54 Å². The van der Waals surface area contributed by atoms with E-state index in [1.807, 2.05) is 36.4 Å². The second-order valence-corrected chi connectivity index (χ2v) is 10.3. The maximum Gasteiger partial charge on any atom is 0.329 e. The Labute approximate surface area is 225 Å². The van der Waals surface area contributed by atoms with Gasteiger partial charge in [-0.15, -0.1) is 0 Å². The van der Waals surface area contributed by atoms with E-state index in [2.05, 4.69) is 34.7 Å². The van der Waals surface area contributed by atoms with Gasteiger partial charge in [-0.05, 0) is 24.5 Å². The Morgan fingerprint density at radius 1 is 0.789 bits per heavy atom. The molecule has 0 aliphatic rings. The van der Waals surface area contributed by atoms with Crippen LogP contribution in [0, 0.1) is 0 Å². The van der Waals surface area contributed by atoms with Crippen LogP contribution in [0.15, 0.2) is 69.2 Å². The highest BCUT2D eigenvalue weighted by atomic mass is 16.2. The maximum atomic E-state index is 13.4. The third kappa shape index (κ3) is 6.72. The molecule has 0 bridgehead atoms. The van der Waals surface area contributed by atoms with E-state index in [9.17, 15) is 9.59 Å². The number of hydrogen-bond donors (Lipinski definition) is 1. The second kappa shape index (κ2) is 13.9. The number of nitrogens with zero attached hydrogens (tertiary/aromatic N) is 3. The van der Waals surface area contributed by atoms with Crippen LogP contribution in [0.2, 0.25) is 0 Å². The minimum atomic E-state index is -0.398. The van der Waals surface area contributed by atoms with E-state index < -0.39 is 5.69 Å². The first kappa shape index (κ1) is 27.6. The number of fused-ring (bicyclic) bond motifs is 2. The van der Waals surface area contributed by atoms with Crippen molar-refractivity contribution in [3.63, 3.8) is 0 Å². The Bertz CT molecular complexity index is 1510. The summed E-state index contributed by atoms with van der Waals surface area (Å²) in [6.45, 7) is 3.57. The number of para-hydroxylation sites is 1. The summed E-state index contributed by atoms with van der Waals surface area (Å²) in [6, 6.07) is 18.3. The largest absolute Gasteiger partial charge is 0.329 e. The van der Waals surface area contributed by atoms with E-state index in [4.69, 9.17) is 4.99 Å². The lowest BCUT2D eigenvalue weighted by Crippen LogP contribution is -2.36. The standard InChI is InChI=1S/C32H42N4O2/c1-3-4-5-6-7-8-9-10-11-17-24-36-27-21-16-15-20-26(27)29(33-23-22-25-18-13-12-14-19-25)28-30(36)34-32(38)35(2)31(28)37/h12-16,18-21H,3-11,17,22-24H2,1-2H3,(H,34,38). The lowest BCUT2D eigenvalue weighted by atomic mass is 10.1. The summed E-state index contributed by atoms with van der Waals surface area (Å²) in [6.07, 6.45) is 13.4. The minimum absolute atomic E-state index is 0.301. The smallest absolute Gasteiger partial charge is 0.326 e. The fraction of sp³-hybridized carbons (Fsp3) is 0.469. The number of aromatic amines is 1. The Hall–Kier alpha value is -3.41. The Morgan fingerprint density at radius 3 is 2.13 bits per heavy atom. The van der Waals surface area contributed by atoms with Crippen molar-refractivity contribution in [1.29, 1.82) is 0 Å². The molecule has 1 N–H and O–H groups in total. The van der Waals surface area contributed by atoms with Gasteiger partial charge >= 0.3 is 5.69 Å². The van der Waals surface area contributed by atoms with Gasteiger partial charge in [-0.25, -0.2) is 4.79 Å². The number of nitrogens with one attached hydrogen (secondary N) is 1. The molecule has 0 saturated heterocycles. The second-order valence-electron chi connectivity index (χ2n) is 10.3. The summed E-state index contributed by atoms with van der Waals surface area (Å²) < 4.78 is 3.27. The summed E-state index contributed by atoms with van der Waals surface area (Å²) in [5, 5.41) is 2.11. The van der Waals surface area contributed by atoms with Crippen LogP contribution in [-0.2, 0) is 20.0 Å². The van der Waals surface area contributed by atoms with Gasteiger partial charge in [0.25, 0.3) is 5.56 Å². The fourth-order valence-corrected chi connectivity index (χ4v) is 5.28. The van der Waals surface area contributed by atoms with Gasteiger partial charge in [0, 0.05) is 25.5 Å². The van der Waals surface area contributed by atoms with Crippen LogP contribution in [0.3, 0.4) is 0 Å². The lowest BCUT2D eigenvalue weighted by Gasteiger charge is -2.16. The predicted molar refractivity (Wildman–Crippen MR) is 158 cm³/mol. The van der Waals surface area contributed by atoms with Crippen molar-refractivity contribution in [2.24, 2.45) is 12.0 Å². The molecule has 0 atom stereocenters. The van der Waals surface area contributed by atoms with Crippen molar-refractivity contribution in [3.8, 4) is 0 Å². The topological polar surface area (TPSA) is 72.2 Å². The molecule has 0 saturated carbocycles. The van der Waals surface area contributed by atoms with Gasteiger partial charge in [-0.1, -0.05) is 113 Å². The molecule has 202 valence electrons. The fourth-order valence-electron chi connectivity index (χ4n) is 5.28. The molecule has 0 aliphatic heterocycles. The van der Waals surface area contributed by atoms with Gasteiger partial charge in [-0.2, -0.15) is 0 Å². The molecular weight excluding hydrogens is 472 g/mol. The van der Waals surface area contributed by atoms with Crippen molar-refractivity contribution in [3.05, 3.63) is 86.4 Å². The molecule has 6 heteroatoms. The summed E-state index contributed by atoms with van der Waals surface area (Å²) in [4.78, 5) is 34.0. The molecule has 0 unspecified atom stereocenters. The molecule has 2 heterocycles. The van der Waals surface area contributed by atoms with Crippen molar-refractivity contribution >= 4 is 21.9 Å². The highest BCUT2D eigenvalue weighted by Gasteiger charge is 2.15. The zero-order chi connectivity index (χ0) is 26.7. The average molecular weight is 515 g/mol. The van der Waals surface area contributed by atoms with E-state index in [0.29, 0.717) is 22.9 Å². The molecule has 0 spiro atoms. The number of hydrogen-bond acceptors (Lipinski definition) is 3.